The molecule has 2 aromatic rings. The van der Waals surface area contributed by atoms with E-state index in [-0.39, 0.29) is 17.9 Å². The molecule has 0 saturated heterocycles. The van der Waals surface area contributed by atoms with E-state index >= 15 is 0 Å². The van der Waals surface area contributed by atoms with E-state index in [9.17, 15) is 4.79 Å². The number of hydrogen-bond donors (Lipinski definition) is 2. The second kappa shape index (κ2) is 6.24. The number of ether oxygens (including phenoxy) is 1. The summed E-state index contributed by atoms with van der Waals surface area (Å²) < 4.78 is 5.71. The highest BCUT2D eigenvalue weighted by atomic mass is 16.5. The number of fused-ring (bicyclic) bond motifs is 2. The minimum atomic E-state index is -0.0656. The zero-order chi connectivity index (χ0) is 16.5. The number of amides is 1. The molecular formula is C19H21N3O2. The number of carbonyl (C=O) groups is 1. The molecule has 0 radical (unpaired) electrons. The molecule has 2 saturated carbocycles. The van der Waals surface area contributed by atoms with Gasteiger partial charge in [0.2, 0.25) is 11.8 Å². The lowest BCUT2D eigenvalue weighted by Crippen LogP contribution is -2.42. The molecule has 2 fully saturated rings. The van der Waals surface area contributed by atoms with Crippen LogP contribution in [0.3, 0.4) is 0 Å². The summed E-state index contributed by atoms with van der Waals surface area (Å²) in [5, 5.41) is 3.01. The zero-order valence-corrected chi connectivity index (χ0v) is 13.4. The first-order valence-corrected chi connectivity index (χ1v) is 8.46. The highest BCUT2D eigenvalue weighted by Crippen LogP contribution is 2.47. The molecule has 1 aromatic heterocycles. The van der Waals surface area contributed by atoms with E-state index in [0.29, 0.717) is 23.5 Å². The number of nitrogens with zero attached hydrogens (tertiary/aromatic N) is 1. The topological polar surface area (TPSA) is 77.2 Å². The number of anilines is 1. The number of rotatable bonds is 4. The number of hydrogen-bond acceptors (Lipinski definition) is 4. The quantitative estimate of drug-likeness (QED) is 0.906. The fourth-order valence-electron chi connectivity index (χ4n) is 4.12. The van der Waals surface area contributed by atoms with Gasteiger partial charge < -0.3 is 15.8 Å². The van der Waals surface area contributed by atoms with Crippen LogP contribution in [0, 0.1) is 17.8 Å². The third-order valence-corrected chi connectivity index (χ3v) is 5.25. The smallest absolute Gasteiger partial charge is 0.229 e. The molecule has 4 unspecified atom stereocenters. The van der Waals surface area contributed by atoms with Crippen molar-refractivity contribution in [1.29, 1.82) is 0 Å². The molecule has 4 atom stereocenters. The van der Waals surface area contributed by atoms with Gasteiger partial charge in [-0.15, -0.1) is 0 Å². The Morgan fingerprint density at radius 3 is 2.79 bits per heavy atom. The van der Waals surface area contributed by atoms with Gasteiger partial charge in [0.15, 0.2) is 0 Å². The van der Waals surface area contributed by atoms with Gasteiger partial charge in [-0.25, -0.2) is 4.98 Å². The SMILES string of the molecule is NC1C2CCC(C2)C1C(=O)Nc1cccc(Oc2ccccn2)c1. The third kappa shape index (κ3) is 2.87. The number of aromatic nitrogens is 1. The molecular weight excluding hydrogens is 302 g/mol. The predicted octanol–water partition coefficient (Wildman–Crippen LogP) is 3.19. The molecule has 2 aliphatic carbocycles. The molecule has 24 heavy (non-hydrogen) atoms. The zero-order valence-electron chi connectivity index (χ0n) is 13.4. The number of benzene rings is 1. The Balaban J connectivity index is 1.45. The van der Waals surface area contributed by atoms with Gasteiger partial charge in [-0.2, -0.15) is 0 Å². The number of nitrogens with one attached hydrogen (secondary N) is 1. The highest BCUT2D eigenvalue weighted by molar-refractivity contribution is 5.93. The molecule has 3 N–H and O–H groups in total. The number of pyridine rings is 1. The average molecular weight is 323 g/mol. The summed E-state index contributed by atoms with van der Waals surface area (Å²) in [6, 6.07) is 12.9. The van der Waals surface area contributed by atoms with Gasteiger partial charge in [-0.1, -0.05) is 12.1 Å². The molecule has 0 aliphatic heterocycles. The van der Waals surface area contributed by atoms with Crippen LogP contribution < -0.4 is 15.8 Å². The highest BCUT2D eigenvalue weighted by Gasteiger charge is 2.49. The molecule has 2 aliphatic rings. The van der Waals surface area contributed by atoms with Crippen LogP contribution in [-0.4, -0.2) is 16.9 Å². The maximum atomic E-state index is 12.6. The molecule has 1 heterocycles. The molecule has 5 nitrogen and oxygen atoms in total. The Morgan fingerprint density at radius 2 is 2.04 bits per heavy atom. The van der Waals surface area contributed by atoms with Gasteiger partial charge in [0.05, 0.1) is 5.92 Å². The molecule has 1 amide bonds. The third-order valence-electron chi connectivity index (χ3n) is 5.25. The van der Waals surface area contributed by atoms with Crippen LogP contribution >= 0.6 is 0 Å². The van der Waals surface area contributed by atoms with Gasteiger partial charge >= 0.3 is 0 Å². The second-order valence-corrected chi connectivity index (χ2v) is 6.72. The van der Waals surface area contributed by atoms with E-state index < -0.39 is 0 Å². The molecule has 1 aromatic carbocycles. The first-order chi connectivity index (χ1) is 11.7. The van der Waals surface area contributed by atoms with Crippen molar-refractivity contribution >= 4 is 11.6 Å². The minimum Gasteiger partial charge on any atom is -0.439 e. The van der Waals surface area contributed by atoms with E-state index in [1.165, 1.54) is 6.42 Å². The van der Waals surface area contributed by atoms with Crippen molar-refractivity contribution in [3.63, 3.8) is 0 Å². The fraction of sp³-hybridized carbons (Fsp3) is 0.368. The Hall–Kier alpha value is -2.40. The fourth-order valence-corrected chi connectivity index (χ4v) is 4.12. The van der Waals surface area contributed by atoms with E-state index in [1.54, 1.807) is 12.3 Å². The summed E-state index contributed by atoms with van der Waals surface area (Å²) in [6.45, 7) is 0. The first-order valence-electron chi connectivity index (χ1n) is 8.46. The van der Waals surface area contributed by atoms with E-state index in [0.717, 1.165) is 18.5 Å². The normalized spacial score (nSPS) is 27.9. The Morgan fingerprint density at radius 1 is 1.17 bits per heavy atom. The van der Waals surface area contributed by atoms with E-state index in [4.69, 9.17) is 10.5 Å². The molecule has 2 bridgehead atoms. The van der Waals surface area contributed by atoms with Gasteiger partial charge in [-0.3, -0.25) is 4.79 Å². The second-order valence-electron chi connectivity index (χ2n) is 6.72. The summed E-state index contributed by atoms with van der Waals surface area (Å²) in [7, 11) is 0. The van der Waals surface area contributed by atoms with E-state index in [2.05, 4.69) is 10.3 Å². The van der Waals surface area contributed by atoms with Crippen LogP contribution in [0.1, 0.15) is 19.3 Å². The van der Waals surface area contributed by atoms with Crippen LogP contribution in [0.2, 0.25) is 0 Å². The lowest BCUT2D eigenvalue weighted by atomic mass is 9.84. The Bertz CT molecular complexity index is 732. The minimum absolute atomic E-state index is 0.00305. The number of nitrogens with two attached hydrogens (primary N) is 1. The van der Waals surface area contributed by atoms with Crippen molar-refractivity contribution < 1.29 is 9.53 Å². The maximum absolute atomic E-state index is 12.6. The van der Waals surface area contributed by atoms with Crippen LogP contribution in [0.5, 0.6) is 11.6 Å². The summed E-state index contributed by atoms with van der Waals surface area (Å²) >= 11 is 0. The predicted molar refractivity (Wildman–Crippen MR) is 91.7 cm³/mol. The van der Waals surface area contributed by atoms with Crippen LogP contribution in [0.25, 0.3) is 0 Å². The molecule has 124 valence electrons. The monoisotopic (exact) mass is 323 g/mol. The van der Waals surface area contributed by atoms with Gasteiger partial charge in [-0.05, 0) is 49.3 Å². The molecule has 4 rings (SSSR count). The number of carbonyl (C=O) groups excluding carboxylic acids is 1. The average Bonchev–Trinajstić information content (AvgIpc) is 3.17. The van der Waals surface area contributed by atoms with Gasteiger partial charge in [0, 0.05) is 30.1 Å². The summed E-state index contributed by atoms with van der Waals surface area (Å²) in [4.78, 5) is 16.8. The van der Waals surface area contributed by atoms with E-state index in [1.807, 2.05) is 36.4 Å². The standard InChI is InChI=1S/C19H21N3O2/c20-18-13-8-7-12(10-13)17(18)19(23)22-14-4-3-5-15(11-14)24-16-6-1-2-9-21-16/h1-6,9,11-13,17-18H,7-8,10,20H2,(H,22,23). The van der Waals surface area contributed by atoms with Crippen LogP contribution in [-0.2, 0) is 4.79 Å². The Labute approximate surface area is 141 Å². The molecule has 0 spiro atoms. The molecule has 5 heteroatoms. The Kier molecular flexibility index (Phi) is 3.94. The van der Waals surface area contributed by atoms with Crippen LogP contribution in [0.4, 0.5) is 5.69 Å². The lowest BCUT2D eigenvalue weighted by molar-refractivity contribution is -0.121. The van der Waals surface area contributed by atoms with Crippen LogP contribution in [0.15, 0.2) is 48.7 Å². The van der Waals surface area contributed by atoms with Gasteiger partial charge in [0.25, 0.3) is 0 Å². The van der Waals surface area contributed by atoms with Crippen molar-refractivity contribution in [3.05, 3.63) is 48.7 Å². The van der Waals surface area contributed by atoms with Crippen molar-refractivity contribution in [3.8, 4) is 11.6 Å². The first kappa shape index (κ1) is 15.1. The van der Waals surface area contributed by atoms with Crippen molar-refractivity contribution in [2.45, 2.75) is 25.3 Å². The van der Waals surface area contributed by atoms with Crippen molar-refractivity contribution in [2.24, 2.45) is 23.5 Å². The lowest BCUT2D eigenvalue weighted by Gasteiger charge is -2.27. The summed E-state index contributed by atoms with van der Waals surface area (Å²) in [5.41, 5.74) is 6.98. The van der Waals surface area contributed by atoms with Crippen molar-refractivity contribution in [2.75, 3.05) is 5.32 Å². The van der Waals surface area contributed by atoms with Gasteiger partial charge in [0.1, 0.15) is 5.75 Å². The summed E-state index contributed by atoms with van der Waals surface area (Å²) in [5.74, 6) is 2.09. The summed E-state index contributed by atoms with van der Waals surface area (Å²) in [6.07, 6.45) is 5.07. The van der Waals surface area contributed by atoms with Crippen molar-refractivity contribution in [1.82, 2.24) is 4.98 Å². The maximum Gasteiger partial charge on any atom is 0.229 e. The largest absolute Gasteiger partial charge is 0.439 e.